The number of rotatable bonds is 8. The van der Waals surface area contributed by atoms with Gasteiger partial charge < -0.3 is 9.64 Å². The summed E-state index contributed by atoms with van der Waals surface area (Å²) < 4.78 is 6.94. The Balaban J connectivity index is 1.62. The van der Waals surface area contributed by atoms with Crippen molar-refractivity contribution in [3.63, 3.8) is 0 Å². The van der Waals surface area contributed by atoms with Gasteiger partial charge in [0.05, 0.1) is 18.4 Å². The molecule has 0 bridgehead atoms. The molecule has 0 amide bonds. The lowest BCUT2D eigenvalue weighted by atomic mass is 9.64. The van der Waals surface area contributed by atoms with Crippen LogP contribution < -0.4 is 0 Å². The highest BCUT2D eigenvalue weighted by Crippen LogP contribution is 2.44. The van der Waals surface area contributed by atoms with Gasteiger partial charge in [-0.25, -0.2) is 0 Å². The zero-order chi connectivity index (χ0) is 24.1. The van der Waals surface area contributed by atoms with Gasteiger partial charge in [-0.05, 0) is 53.2 Å². The van der Waals surface area contributed by atoms with Crippen molar-refractivity contribution in [2.45, 2.75) is 71.8 Å². The molecule has 4 rings (SSSR count). The molecule has 1 saturated carbocycles. The summed E-state index contributed by atoms with van der Waals surface area (Å²) in [5.41, 5.74) is 5.57. The summed E-state index contributed by atoms with van der Waals surface area (Å²) in [5, 5.41) is 0. The van der Waals surface area contributed by atoms with E-state index < -0.39 is 0 Å². The van der Waals surface area contributed by atoms with Gasteiger partial charge in [0.2, 0.25) is 0 Å². The Bertz CT molecular complexity index is 975. The van der Waals surface area contributed by atoms with E-state index in [4.69, 9.17) is 4.74 Å². The highest BCUT2D eigenvalue weighted by atomic mass is 16.5. The highest BCUT2D eigenvalue weighted by Gasteiger charge is 2.41. The third kappa shape index (κ3) is 5.33. The fourth-order valence-corrected chi connectivity index (χ4v) is 6.02. The normalized spacial score (nSPS) is 25.6. The zero-order valence-electron chi connectivity index (χ0n) is 21.8. The van der Waals surface area contributed by atoms with E-state index in [0.717, 1.165) is 25.3 Å². The molecule has 2 aliphatic rings. The van der Waals surface area contributed by atoms with Crippen molar-refractivity contribution in [1.82, 2.24) is 4.90 Å². The Kier molecular flexibility index (Phi) is 7.99. The first kappa shape index (κ1) is 24.8. The SMILES string of the molecule is CCCN1C=C[C@@H](C)C(CO[C@@H]2C[C@H](C)CC[C@H]2C(C)(C)c2ccccc2)=C1c1ccccc1. The van der Waals surface area contributed by atoms with Crippen LogP contribution in [0.25, 0.3) is 5.70 Å². The number of ether oxygens (including phenoxy) is 1. The van der Waals surface area contributed by atoms with E-state index in [0.29, 0.717) is 18.4 Å². The lowest BCUT2D eigenvalue weighted by Crippen LogP contribution is -2.43. The van der Waals surface area contributed by atoms with Crippen LogP contribution in [-0.4, -0.2) is 24.2 Å². The van der Waals surface area contributed by atoms with Gasteiger partial charge in [-0.3, -0.25) is 0 Å². The first-order valence-corrected chi connectivity index (χ1v) is 13.3. The Morgan fingerprint density at radius 2 is 1.62 bits per heavy atom. The van der Waals surface area contributed by atoms with E-state index in [1.807, 2.05) is 0 Å². The molecule has 1 aliphatic heterocycles. The van der Waals surface area contributed by atoms with Crippen LogP contribution in [0, 0.1) is 17.8 Å². The van der Waals surface area contributed by atoms with Crippen LogP contribution >= 0.6 is 0 Å². The highest BCUT2D eigenvalue weighted by molar-refractivity contribution is 5.70. The summed E-state index contributed by atoms with van der Waals surface area (Å²) in [5.74, 6) is 1.62. The Morgan fingerprint density at radius 3 is 2.29 bits per heavy atom. The summed E-state index contributed by atoms with van der Waals surface area (Å²) in [6, 6.07) is 21.9. The fraction of sp³-hybridized carbons (Fsp3) is 0.500. The van der Waals surface area contributed by atoms with Crippen LogP contribution in [0.4, 0.5) is 0 Å². The van der Waals surface area contributed by atoms with Gasteiger partial charge in [0.25, 0.3) is 0 Å². The molecule has 0 unspecified atom stereocenters. The molecule has 2 nitrogen and oxygen atoms in total. The second-order valence-corrected chi connectivity index (χ2v) is 11.0. The largest absolute Gasteiger partial charge is 0.373 e. The van der Waals surface area contributed by atoms with Gasteiger partial charge in [0.1, 0.15) is 0 Å². The summed E-state index contributed by atoms with van der Waals surface area (Å²) in [4.78, 5) is 2.43. The third-order valence-corrected chi connectivity index (χ3v) is 8.16. The van der Waals surface area contributed by atoms with Crippen molar-refractivity contribution in [2.24, 2.45) is 17.8 Å². The summed E-state index contributed by atoms with van der Waals surface area (Å²) >= 11 is 0. The molecular weight excluding hydrogens is 414 g/mol. The van der Waals surface area contributed by atoms with Crippen LogP contribution in [0.3, 0.4) is 0 Å². The van der Waals surface area contributed by atoms with E-state index >= 15 is 0 Å². The molecule has 0 aromatic heterocycles. The second-order valence-electron chi connectivity index (χ2n) is 11.0. The zero-order valence-corrected chi connectivity index (χ0v) is 21.8. The first-order valence-electron chi connectivity index (χ1n) is 13.3. The molecule has 0 radical (unpaired) electrons. The van der Waals surface area contributed by atoms with Gasteiger partial charge in [-0.2, -0.15) is 0 Å². The van der Waals surface area contributed by atoms with E-state index in [2.05, 4.69) is 112 Å². The maximum absolute atomic E-state index is 6.94. The van der Waals surface area contributed by atoms with Crippen molar-refractivity contribution >= 4 is 5.70 Å². The topological polar surface area (TPSA) is 12.5 Å². The van der Waals surface area contributed by atoms with Crippen molar-refractivity contribution in [3.8, 4) is 0 Å². The molecule has 182 valence electrons. The van der Waals surface area contributed by atoms with Crippen LogP contribution in [0.2, 0.25) is 0 Å². The predicted molar refractivity (Wildman–Crippen MR) is 144 cm³/mol. The van der Waals surface area contributed by atoms with E-state index in [1.54, 1.807) is 0 Å². The molecule has 2 heteroatoms. The van der Waals surface area contributed by atoms with Crippen LogP contribution in [0.15, 0.2) is 78.5 Å². The van der Waals surface area contributed by atoms with E-state index in [9.17, 15) is 0 Å². The standard InChI is InChI=1S/C32H43NO/c1-6-20-33-21-19-25(3)28(31(33)26-13-9-7-10-14-26)23-34-30-22-24(2)17-18-29(30)32(4,5)27-15-11-8-12-16-27/h7-16,19,21,24-25,29-30H,6,17-18,20,22-23H2,1-5H3/t24-,25-,29-,30-/m1/s1. The first-order chi connectivity index (χ1) is 16.4. The molecule has 34 heavy (non-hydrogen) atoms. The average molecular weight is 458 g/mol. The number of hydrogen-bond acceptors (Lipinski definition) is 2. The van der Waals surface area contributed by atoms with Gasteiger partial charge in [-0.1, -0.05) is 108 Å². The lowest BCUT2D eigenvalue weighted by molar-refractivity contribution is -0.0384. The summed E-state index contributed by atoms with van der Waals surface area (Å²) in [6.45, 7) is 13.5. The number of hydrogen-bond donors (Lipinski definition) is 0. The average Bonchev–Trinajstić information content (AvgIpc) is 2.85. The molecule has 2 aromatic rings. The Hall–Kier alpha value is -2.32. The fourth-order valence-electron chi connectivity index (χ4n) is 6.02. The molecule has 0 spiro atoms. The Morgan fingerprint density at radius 1 is 0.941 bits per heavy atom. The van der Waals surface area contributed by atoms with Gasteiger partial charge in [0, 0.05) is 18.7 Å². The van der Waals surface area contributed by atoms with Crippen molar-refractivity contribution in [3.05, 3.63) is 89.6 Å². The lowest BCUT2D eigenvalue weighted by Gasteiger charge is -2.45. The maximum Gasteiger partial charge on any atom is 0.0709 e. The quantitative estimate of drug-likeness (QED) is 0.397. The molecule has 2 aromatic carbocycles. The van der Waals surface area contributed by atoms with Crippen molar-refractivity contribution < 1.29 is 4.74 Å². The van der Waals surface area contributed by atoms with Gasteiger partial charge in [-0.15, -0.1) is 0 Å². The molecule has 1 aliphatic carbocycles. The van der Waals surface area contributed by atoms with Crippen molar-refractivity contribution in [2.75, 3.05) is 13.2 Å². The minimum atomic E-state index is 0.0923. The number of allylic oxidation sites excluding steroid dienone is 1. The molecule has 4 atom stereocenters. The van der Waals surface area contributed by atoms with Gasteiger partial charge >= 0.3 is 0 Å². The number of benzene rings is 2. The van der Waals surface area contributed by atoms with E-state index in [-0.39, 0.29) is 11.5 Å². The van der Waals surface area contributed by atoms with Crippen LogP contribution in [0.1, 0.15) is 71.4 Å². The second kappa shape index (κ2) is 11.0. The molecule has 0 saturated heterocycles. The summed E-state index contributed by atoms with van der Waals surface area (Å²) in [6.07, 6.45) is 9.70. The summed E-state index contributed by atoms with van der Waals surface area (Å²) in [7, 11) is 0. The van der Waals surface area contributed by atoms with Crippen LogP contribution in [0.5, 0.6) is 0 Å². The van der Waals surface area contributed by atoms with Crippen LogP contribution in [-0.2, 0) is 10.2 Å². The predicted octanol–water partition coefficient (Wildman–Crippen LogP) is 8.07. The van der Waals surface area contributed by atoms with Gasteiger partial charge in [0.15, 0.2) is 0 Å². The monoisotopic (exact) mass is 457 g/mol. The minimum Gasteiger partial charge on any atom is -0.373 e. The molecule has 1 fully saturated rings. The van der Waals surface area contributed by atoms with Crippen molar-refractivity contribution in [1.29, 1.82) is 0 Å². The molecule has 0 N–H and O–H groups in total. The molecular formula is C32H43NO. The maximum atomic E-state index is 6.94. The molecule has 1 heterocycles. The van der Waals surface area contributed by atoms with E-state index in [1.165, 1.54) is 35.2 Å². The smallest absolute Gasteiger partial charge is 0.0709 e. The minimum absolute atomic E-state index is 0.0923. The Labute approximate surface area is 207 Å². The number of nitrogens with zero attached hydrogens (tertiary/aromatic N) is 1. The third-order valence-electron chi connectivity index (χ3n) is 8.16.